The minimum Gasteiger partial charge on any atom is -0.365 e. The first-order valence-electron chi connectivity index (χ1n) is 4.83. The van der Waals surface area contributed by atoms with Crippen LogP contribution >= 0.6 is 0 Å². The van der Waals surface area contributed by atoms with Gasteiger partial charge in [0, 0.05) is 18.9 Å². The summed E-state index contributed by atoms with van der Waals surface area (Å²) in [7, 11) is 0. The van der Waals surface area contributed by atoms with Crippen molar-refractivity contribution >= 4 is 5.82 Å². The molecular weight excluding hydrogens is 178 g/mol. The molecule has 0 atom stereocenters. The van der Waals surface area contributed by atoms with Gasteiger partial charge in [0.2, 0.25) is 0 Å². The molecule has 1 rings (SSSR count). The van der Waals surface area contributed by atoms with Gasteiger partial charge in [0.1, 0.15) is 0 Å². The Bertz CT molecular complexity index is 343. The first-order valence-corrected chi connectivity index (χ1v) is 4.83. The van der Waals surface area contributed by atoms with Crippen molar-refractivity contribution in [1.29, 1.82) is 0 Å². The van der Waals surface area contributed by atoms with Gasteiger partial charge in [0.25, 0.3) is 5.56 Å². The zero-order valence-corrected chi connectivity index (χ0v) is 8.92. The Morgan fingerprint density at radius 1 is 1.57 bits per heavy atom. The number of aromatic amines is 1. The number of aromatic nitrogens is 2. The third-order valence-corrected chi connectivity index (χ3v) is 2.40. The molecular formula is C10H17N3O. The monoisotopic (exact) mass is 195 g/mol. The lowest BCUT2D eigenvalue weighted by atomic mass is 9.90. The number of anilines is 1. The van der Waals surface area contributed by atoms with E-state index in [2.05, 4.69) is 36.1 Å². The van der Waals surface area contributed by atoms with Crippen LogP contribution in [0.4, 0.5) is 5.82 Å². The van der Waals surface area contributed by atoms with E-state index in [1.165, 1.54) is 6.20 Å². The lowest BCUT2D eigenvalue weighted by Crippen LogP contribution is -2.25. The van der Waals surface area contributed by atoms with E-state index in [0.29, 0.717) is 5.82 Å². The molecule has 1 heterocycles. The van der Waals surface area contributed by atoms with Crippen molar-refractivity contribution < 1.29 is 0 Å². The molecule has 4 heteroatoms. The maximum absolute atomic E-state index is 11.2. The second-order valence-corrected chi connectivity index (χ2v) is 4.14. The molecule has 0 aliphatic heterocycles. The summed E-state index contributed by atoms with van der Waals surface area (Å²) < 4.78 is 0. The van der Waals surface area contributed by atoms with E-state index in [-0.39, 0.29) is 11.0 Å². The fourth-order valence-electron chi connectivity index (χ4n) is 0.926. The summed E-state index contributed by atoms with van der Waals surface area (Å²) in [6, 6.07) is 0. The van der Waals surface area contributed by atoms with Crippen LogP contribution in [0.15, 0.2) is 17.2 Å². The maximum Gasteiger partial charge on any atom is 0.290 e. The largest absolute Gasteiger partial charge is 0.365 e. The van der Waals surface area contributed by atoms with Crippen molar-refractivity contribution in [2.24, 2.45) is 5.41 Å². The fraction of sp³-hybridized carbons (Fsp3) is 0.600. The van der Waals surface area contributed by atoms with Gasteiger partial charge in [-0.3, -0.25) is 4.79 Å². The molecule has 0 fully saturated rings. The highest BCUT2D eigenvalue weighted by atomic mass is 16.1. The Morgan fingerprint density at radius 3 is 2.86 bits per heavy atom. The summed E-state index contributed by atoms with van der Waals surface area (Å²) in [4.78, 5) is 17.8. The number of nitrogens with zero attached hydrogens (tertiary/aromatic N) is 1. The molecule has 4 nitrogen and oxygen atoms in total. The molecule has 0 radical (unpaired) electrons. The Hall–Kier alpha value is -1.32. The second kappa shape index (κ2) is 4.26. The van der Waals surface area contributed by atoms with Crippen LogP contribution in [0.2, 0.25) is 0 Å². The predicted octanol–water partition coefficient (Wildman–Crippen LogP) is 1.62. The molecule has 14 heavy (non-hydrogen) atoms. The second-order valence-electron chi connectivity index (χ2n) is 4.14. The van der Waals surface area contributed by atoms with E-state index in [1.54, 1.807) is 6.20 Å². The summed E-state index contributed by atoms with van der Waals surface area (Å²) in [5.41, 5.74) is 0.0173. The van der Waals surface area contributed by atoms with E-state index in [9.17, 15) is 4.79 Å². The summed E-state index contributed by atoms with van der Waals surface area (Å²) in [5, 5.41) is 3.05. The van der Waals surface area contributed by atoms with E-state index in [4.69, 9.17) is 0 Å². The fourth-order valence-corrected chi connectivity index (χ4v) is 0.926. The molecule has 0 saturated carbocycles. The molecule has 0 aliphatic rings. The average Bonchev–Trinajstić information content (AvgIpc) is 2.17. The van der Waals surface area contributed by atoms with Crippen molar-refractivity contribution in [3.05, 3.63) is 22.7 Å². The van der Waals surface area contributed by atoms with Crippen molar-refractivity contribution in [3.8, 4) is 0 Å². The summed E-state index contributed by atoms with van der Waals surface area (Å²) in [5.74, 6) is 0.397. The Balaban J connectivity index is 2.63. The highest BCUT2D eigenvalue weighted by Crippen LogP contribution is 2.18. The van der Waals surface area contributed by atoms with E-state index >= 15 is 0 Å². The van der Waals surface area contributed by atoms with Gasteiger partial charge in [-0.05, 0) is 11.8 Å². The van der Waals surface area contributed by atoms with Crippen LogP contribution < -0.4 is 10.9 Å². The molecule has 78 valence electrons. The zero-order valence-electron chi connectivity index (χ0n) is 8.92. The van der Waals surface area contributed by atoms with Crippen molar-refractivity contribution in [1.82, 2.24) is 9.97 Å². The molecule has 0 aromatic carbocycles. The van der Waals surface area contributed by atoms with Gasteiger partial charge in [-0.1, -0.05) is 20.8 Å². The zero-order chi connectivity index (χ0) is 10.6. The van der Waals surface area contributed by atoms with Gasteiger partial charge >= 0.3 is 0 Å². The highest BCUT2D eigenvalue weighted by molar-refractivity contribution is 5.30. The van der Waals surface area contributed by atoms with Crippen LogP contribution in [0.3, 0.4) is 0 Å². The Morgan fingerprint density at radius 2 is 2.29 bits per heavy atom. The summed E-state index contributed by atoms with van der Waals surface area (Å²) in [6.07, 6.45) is 4.16. The minimum absolute atomic E-state index is 0.167. The van der Waals surface area contributed by atoms with Crippen LogP contribution in [0.25, 0.3) is 0 Å². The normalized spacial score (nSPS) is 11.4. The number of nitrogens with one attached hydrogen (secondary N) is 2. The lowest BCUT2D eigenvalue weighted by Gasteiger charge is -2.22. The van der Waals surface area contributed by atoms with Crippen LogP contribution in [0, 0.1) is 5.41 Å². The maximum atomic E-state index is 11.2. The first-order chi connectivity index (χ1) is 6.55. The molecule has 0 unspecified atom stereocenters. The minimum atomic E-state index is -0.167. The molecule has 0 amide bonds. The SMILES string of the molecule is CCC(C)(C)CNc1ncc[nH]c1=O. The molecule has 0 saturated heterocycles. The molecule has 0 aliphatic carbocycles. The molecule has 1 aromatic heterocycles. The Labute approximate surface area is 83.8 Å². The number of rotatable bonds is 4. The number of hydrogen-bond donors (Lipinski definition) is 2. The third kappa shape index (κ3) is 2.87. The molecule has 1 aromatic rings. The van der Waals surface area contributed by atoms with Gasteiger partial charge in [-0.15, -0.1) is 0 Å². The lowest BCUT2D eigenvalue weighted by molar-refractivity contribution is 0.376. The van der Waals surface area contributed by atoms with Crippen molar-refractivity contribution in [3.63, 3.8) is 0 Å². The van der Waals surface area contributed by atoms with Crippen LogP contribution in [0.5, 0.6) is 0 Å². The molecule has 0 bridgehead atoms. The topological polar surface area (TPSA) is 57.8 Å². The number of hydrogen-bond acceptors (Lipinski definition) is 3. The van der Waals surface area contributed by atoms with Gasteiger partial charge in [0.05, 0.1) is 0 Å². The standard InChI is InChI=1S/C10H17N3O/c1-4-10(2,3)7-13-8-9(14)12-6-5-11-8/h5-6H,4,7H2,1-3H3,(H,11,13)(H,12,14). The molecule has 2 N–H and O–H groups in total. The van der Waals surface area contributed by atoms with Crippen LogP contribution in [0.1, 0.15) is 27.2 Å². The smallest absolute Gasteiger partial charge is 0.290 e. The first kappa shape index (κ1) is 10.8. The highest BCUT2D eigenvalue weighted by Gasteiger charge is 2.15. The summed E-state index contributed by atoms with van der Waals surface area (Å²) in [6.45, 7) is 7.18. The average molecular weight is 195 g/mol. The summed E-state index contributed by atoms with van der Waals surface area (Å²) >= 11 is 0. The van der Waals surface area contributed by atoms with Crippen molar-refractivity contribution in [2.75, 3.05) is 11.9 Å². The third-order valence-electron chi connectivity index (χ3n) is 2.40. The van der Waals surface area contributed by atoms with Crippen molar-refractivity contribution in [2.45, 2.75) is 27.2 Å². The van der Waals surface area contributed by atoms with E-state index < -0.39 is 0 Å². The Kier molecular flexibility index (Phi) is 3.28. The van der Waals surface area contributed by atoms with Gasteiger partial charge < -0.3 is 10.3 Å². The van der Waals surface area contributed by atoms with Gasteiger partial charge in [-0.25, -0.2) is 4.98 Å². The predicted molar refractivity (Wildman–Crippen MR) is 57.4 cm³/mol. The van der Waals surface area contributed by atoms with E-state index in [0.717, 1.165) is 13.0 Å². The quantitative estimate of drug-likeness (QED) is 0.767. The van der Waals surface area contributed by atoms with Gasteiger partial charge in [-0.2, -0.15) is 0 Å². The number of H-pyrrole nitrogens is 1. The van der Waals surface area contributed by atoms with Gasteiger partial charge in [0.15, 0.2) is 5.82 Å². The molecule has 0 spiro atoms. The van der Waals surface area contributed by atoms with Crippen LogP contribution in [-0.4, -0.2) is 16.5 Å². The van der Waals surface area contributed by atoms with E-state index in [1.807, 2.05) is 0 Å². The van der Waals surface area contributed by atoms with Crippen LogP contribution in [-0.2, 0) is 0 Å².